The second kappa shape index (κ2) is 48.2. The molecule has 0 amide bonds. The molecule has 0 aliphatic carbocycles. The summed E-state index contributed by atoms with van der Waals surface area (Å²) in [6.07, 6.45) is 48.3. The maximum atomic E-state index is 13.9. The van der Waals surface area contributed by atoms with Gasteiger partial charge in [-0.3, -0.25) is 19.3 Å². The van der Waals surface area contributed by atoms with E-state index in [1.807, 2.05) is 4.90 Å². The van der Waals surface area contributed by atoms with E-state index in [2.05, 4.69) is 34.6 Å². The van der Waals surface area contributed by atoms with Gasteiger partial charge in [-0.05, 0) is 64.3 Å². The van der Waals surface area contributed by atoms with Crippen LogP contribution in [0.15, 0.2) is 0 Å². The third kappa shape index (κ3) is 38.0. The number of likely N-dealkylation sites (tertiary alicyclic amines) is 1. The lowest BCUT2D eigenvalue weighted by Gasteiger charge is -2.37. The van der Waals surface area contributed by atoms with Crippen molar-refractivity contribution in [1.29, 1.82) is 0 Å². The summed E-state index contributed by atoms with van der Waals surface area (Å²) in [4.78, 5) is 41.6. The molecule has 1 unspecified atom stereocenters. The summed E-state index contributed by atoms with van der Waals surface area (Å²) in [7, 11) is 0. The molecule has 1 fully saturated rings. The molecule has 0 saturated carbocycles. The highest BCUT2D eigenvalue weighted by Crippen LogP contribution is 2.34. The molecular weight excluding hydrogens is 875 g/mol. The average Bonchev–Trinajstić information content (AvgIpc) is 3.73. The zero-order valence-corrected chi connectivity index (χ0v) is 47.1. The summed E-state index contributed by atoms with van der Waals surface area (Å²) in [5.41, 5.74) is 0. The van der Waals surface area contributed by atoms with Crippen LogP contribution in [0.3, 0.4) is 0 Å². The van der Waals surface area contributed by atoms with Gasteiger partial charge in [0, 0.05) is 38.6 Å². The van der Waals surface area contributed by atoms with Gasteiger partial charge in [-0.2, -0.15) is 0 Å². The zero-order valence-electron chi connectivity index (χ0n) is 47.1. The number of aliphatic hydroxyl groups excluding tert-OH is 1. The Morgan fingerprint density at radius 3 is 1.36 bits per heavy atom. The van der Waals surface area contributed by atoms with E-state index in [1.165, 1.54) is 161 Å². The second-order valence-corrected chi connectivity index (χ2v) is 21.7. The highest BCUT2D eigenvalue weighted by molar-refractivity contribution is 5.76. The number of aliphatic hydroxyl groups is 1. The minimum Gasteiger partial charge on any atom is -0.466 e. The highest BCUT2D eigenvalue weighted by Gasteiger charge is 2.38. The minimum atomic E-state index is -0.892. The Balaban J connectivity index is 2.77. The molecule has 0 aromatic heterocycles. The number of carbonyl (C=O) groups is 3. The predicted molar refractivity (Wildman–Crippen MR) is 293 cm³/mol. The van der Waals surface area contributed by atoms with Crippen LogP contribution in [-0.2, 0) is 33.3 Å². The van der Waals surface area contributed by atoms with Crippen molar-refractivity contribution in [3.05, 3.63) is 0 Å². The molecule has 0 aromatic rings. The number of esters is 3. The van der Waals surface area contributed by atoms with E-state index >= 15 is 0 Å². The summed E-state index contributed by atoms with van der Waals surface area (Å²) in [5, 5.41) is 10.5. The van der Waals surface area contributed by atoms with Crippen LogP contribution < -0.4 is 0 Å². The summed E-state index contributed by atoms with van der Waals surface area (Å²) in [6, 6.07) is -0.469. The van der Waals surface area contributed by atoms with Crippen molar-refractivity contribution in [3.63, 3.8) is 0 Å². The Morgan fingerprint density at radius 2 is 0.857 bits per heavy atom. The largest absolute Gasteiger partial charge is 0.466 e. The maximum Gasteiger partial charge on any atom is 0.323 e. The molecule has 0 bridgehead atoms. The van der Waals surface area contributed by atoms with Crippen LogP contribution >= 0.6 is 0 Å². The molecule has 2 atom stereocenters. The molecular formula is C61H117NO8. The van der Waals surface area contributed by atoms with Gasteiger partial charge in [-0.1, -0.05) is 234 Å². The normalized spacial score (nSPS) is 15.3. The van der Waals surface area contributed by atoms with Gasteiger partial charge in [0.2, 0.25) is 5.79 Å². The van der Waals surface area contributed by atoms with Crippen LogP contribution in [0.25, 0.3) is 0 Å². The Kier molecular flexibility index (Phi) is 45.7. The molecule has 1 saturated heterocycles. The Morgan fingerprint density at radius 1 is 0.471 bits per heavy atom. The van der Waals surface area contributed by atoms with E-state index in [9.17, 15) is 19.5 Å². The van der Waals surface area contributed by atoms with Crippen LogP contribution in [0.4, 0.5) is 0 Å². The van der Waals surface area contributed by atoms with Crippen LogP contribution in [-0.4, -0.2) is 78.3 Å². The SMILES string of the molecule is CCCCCCCCCCCOC(=O)CCCCCN1CC(O)C[C@H]1C(=O)OCCCCC(=O)OC(CCCCCCCC)(CCCCCCCC)OC(CCCCCCCC)CCCCCCCC. The number of rotatable bonds is 53. The molecule has 1 N–H and O–H groups in total. The smallest absolute Gasteiger partial charge is 0.323 e. The number of β-amino-alcohol motifs (C(OH)–C–C–N with tert-alkyl or cyclic N) is 1. The van der Waals surface area contributed by atoms with E-state index in [-0.39, 0.29) is 37.0 Å². The van der Waals surface area contributed by atoms with Crippen LogP contribution in [0.5, 0.6) is 0 Å². The molecule has 0 spiro atoms. The van der Waals surface area contributed by atoms with Crippen LogP contribution in [0.1, 0.15) is 324 Å². The maximum absolute atomic E-state index is 13.9. The molecule has 1 heterocycles. The number of ether oxygens (including phenoxy) is 4. The zero-order chi connectivity index (χ0) is 51.0. The van der Waals surface area contributed by atoms with Gasteiger partial charge in [-0.15, -0.1) is 0 Å². The number of carbonyl (C=O) groups excluding carboxylic acids is 3. The van der Waals surface area contributed by atoms with E-state index in [1.54, 1.807) is 0 Å². The molecule has 414 valence electrons. The van der Waals surface area contributed by atoms with Crippen LogP contribution in [0, 0.1) is 0 Å². The molecule has 70 heavy (non-hydrogen) atoms. The molecule has 1 aliphatic rings. The van der Waals surface area contributed by atoms with Gasteiger partial charge in [0.15, 0.2) is 0 Å². The summed E-state index contributed by atoms with van der Waals surface area (Å²) < 4.78 is 25.2. The number of unbranched alkanes of at least 4 members (excludes halogenated alkanes) is 31. The van der Waals surface area contributed by atoms with Crippen molar-refractivity contribution in [3.8, 4) is 0 Å². The second-order valence-electron chi connectivity index (χ2n) is 21.7. The fourth-order valence-corrected chi connectivity index (χ4v) is 10.3. The van der Waals surface area contributed by atoms with Crippen molar-refractivity contribution >= 4 is 17.9 Å². The quantitative estimate of drug-likeness (QED) is 0.0276. The molecule has 0 radical (unpaired) electrons. The lowest BCUT2D eigenvalue weighted by molar-refractivity contribution is -0.259. The van der Waals surface area contributed by atoms with Gasteiger partial charge >= 0.3 is 17.9 Å². The molecule has 1 rings (SSSR count). The third-order valence-electron chi connectivity index (χ3n) is 14.8. The van der Waals surface area contributed by atoms with E-state index in [0.29, 0.717) is 45.4 Å². The van der Waals surface area contributed by atoms with Crippen molar-refractivity contribution in [2.75, 3.05) is 26.3 Å². The summed E-state index contributed by atoms with van der Waals surface area (Å²) >= 11 is 0. The molecule has 1 aliphatic heterocycles. The van der Waals surface area contributed by atoms with Crippen LogP contribution in [0.2, 0.25) is 0 Å². The van der Waals surface area contributed by atoms with Crippen molar-refractivity contribution in [2.45, 2.75) is 348 Å². The van der Waals surface area contributed by atoms with Gasteiger partial charge in [0.05, 0.1) is 25.4 Å². The lowest BCUT2D eigenvalue weighted by Crippen LogP contribution is -2.42. The first-order valence-electron chi connectivity index (χ1n) is 30.9. The summed E-state index contributed by atoms with van der Waals surface area (Å²) in [5.74, 6) is -1.51. The fourth-order valence-electron chi connectivity index (χ4n) is 10.3. The first-order valence-corrected chi connectivity index (χ1v) is 30.9. The van der Waals surface area contributed by atoms with E-state index < -0.39 is 17.9 Å². The fraction of sp³-hybridized carbons (Fsp3) is 0.951. The van der Waals surface area contributed by atoms with Gasteiger partial charge < -0.3 is 24.1 Å². The van der Waals surface area contributed by atoms with Gasteiger partial charge in [0.1, 0.15) is 6.04 Å². The minimum absolute atomic E-state index is 0.0984. The predicted octanol–water partition coefficient (Wildman–Crippen LogP) is 17.4. The molecule has 0 aromatic carbocycles. The highest BCUT2D eigenvalue weighted by atomic mass is 16.7. The monoisotopic (exact) mass is 992 g/mol. The number of hydrogen-bond donors (Lipinski definition) is 1. The van der Waals surface area contributed by atoms with Gasteiger partial charge in [0.25, 0.3) is 0 Å². The van der Waals surface area contributed by atoms with Crippen molar-refractivity contribution in [1.82, 2.24) is 4.90 Å². The lowest BCUT2D eigenvalue weighted by atomic mass is 9.97. The van der Waals surface area contributed by atoms with Crippen molar-refractivity contribution in [2.24, 2.45) is 0 Å². The van der Waals surface area contributed by atoms with E-state index in [4.69, 9.17) is 18.9 Å². The topological polar surface area (TPSA) is 112 Å². The Hall–Kier alpha value is -1.71. The van der Waals surface area contributed by atoms with E-state index in [0.717, 1.165) is 96.3 Å². The van der Waals surface area contributed by atoms with Crippen molar-refractivity contribution < 1.29 is 38.4 Å². The molecule has 9 heteroatoms. The number of hydrogen-bond acceptors (Lipinski definition) is 9. The Labute approximate surface area is 433 Å². The Bertz CT molecular complexity index is 1150. The standard InChI is InChI=1S/C61H117NO8/c1-6-11-16-21-26-27-28-33-42-51-67-58(64)46-37-34-41-50-62-54-55(63)53-57(62)60(66)68-52-43-38-47-59(65)70-61(48-39-31-24-19-14-9-4,49-40-32-25-20-15-10-5)69-56(44-35-29-22-17-12-7-2)45-36-30-23-18-13-8-3/h55-57,63H,6-54H2,1-5H3/t55?,57-/m0/s1. The summed E-state index contributed by atoms with van der Waals surface area (Å²) in [6.45, 7) is 13.2. The molecule has 9 nitrogen and oxygen atoms in total. The number of nitrogens with zero attached hydrogens (tertiary/aromatic N) is 1. The first kappa shape index (κ1) is 66.3. The third-order valence-corrected chi connectivity index (χ3v) is 14.8. The average molecular weight is 993 g/mol. The first-order chi connectivity index (χ1) is 34.2. The van der Waals surface area contributed by atoms with Gasteiger partial charge in [-0.25, -0.2) is 0 Å².